The summed E-state index contributed by atoms with van der Waals surface area (Å²) in [5.41, 5.74) is 2.61. The van der Waals surface area contributed by atoms with Gasteiger partial charge in [0.05, 0.1) is 19.0 Å². The van der Waals surface area contributed by atoms with E-state index in [-0.39, 0.29) is 29.2 Å². The fourth-order valence-corrected chi connectivity index (χ4v) is 4.69. The van der Waals surface area contributed by atoms with Crippen molar-refractivity contribution in [2.75, 3.05) is 20.2 Å². The number of nitrogens with zero attached hydrogens (tertiary/aromatic N) is 1. The Morgan fingerprint density at radius 3 is 2.52 bits per heavy atom. The van der Waals surface area contributed by atoms with Gasteiger partial charge >= 0.3 is 0 Å². The summed E-state index contributed by atoms with van der Waals surface area (Å²) >= 11 is 0. The van der Waals surface area contributed by atoms with Crippen LogP contribution < -0.4 is 10.3 Å². The highest BCUT2D eigenvalue weighted by molar-refractivity contribution is 5.90. The van der Waals surface area contributed by atoms with E-state index in [0.29, 0.717) is 12.3 Å². The van der Waals surface area contributed by atoms with Gasteiger partial charge in [0.1, 0.15) is 5.75 Å². The first-order chi connectivity index (χ1) is 14.7. The molecule has 1 aromatic heterocycles. The highest BCUT2D eigenvalue weighted by atomic mass is 16.5. The van der Waals surface area contributed by atoms with Crippen LogP contribution in [-0.2, 0) is 11.2 Å². The number of aromatic amines is 1. The highest BCUT2D eigenvalue weighted by Gasteiger charge is 2.26. The van der Waals surface area contributed by atoms with Crippen molar-refractivity contribution in [3.63, 3.8) is 0 Å². The molecule has 1 fully saturated rings. The van der Waals surface area contributed by atoms with Gasteiger partial charge in [0.25, 0.3) is 5.56 Å². The molecule has 0 radical (unpaired) electrons. The van der Waals surface area contributed by atoms with Crippen LogP contribution in [0.5, 0.6) is 5.75 Å². The summed E-state index contributed by atoms with van der Waals surface area (Å²) in [6.45, 7) is 10.1. The summed E-state index contributed by atoms with van der Waals surface area (Å²) < 4.78 is 5.35. The first-order valence-electron chi connectivity index (χ1n) is 11.7. The Labute approximate surface area is 186 Å². The molecule has 0 atom stereocenters. The molecule has 0 aliphatic heterocycles. The van der Waals surface area contributed by atoms with E-state index in [4.69, 9.17) is 4.74 Å². The fourth-order valence-electron chi connectivity index (χ4n) is 4.69. The maximum absolute atomic E-state index is 13.4. The Balaban J connectivity index is 2.02. The molecule has 0 unspecified atom stereocenters. The molecule has 5 heteroatoms. The number of ether oxygens (including phenoxy) is 1. The average Bonchev–Trinajstić information content (AvgIpc) is 2.73. The summed E-state index contributed by atoms with van der Waals surface area (Å²) in [4.78, 5) is 31.6. The van der Waals surface area contributed by atoms with E-state index in [1.54, 1.807) is 7.11 Å². The van der Waals surface area contributed by atoms with Crippen LogP contribution in [0.4, 0.5) is 0 Å². The molecule has 31 heavy (non-hydrogen) atoms. The summed E-state index contributed by atoms with van der Waals surface area (Å²) in [6, 6.07) is 5.76. The van der Waals surface area contributed by atoms with Gasteiger partial charge in [-0.1, -0.05) is 40.0 Å². The minimum Gasteiger partial charge on any atom is -0.497 e. The van der Waals surface area contributed by atoms with Crippen molar-refractivity contribution in [1.82, 2.24) is 9.88 Å². The van der Waals surface area contributed by atoms with Gasteiger partial charge in [-0.3, -0.25) is 9.59 Å². The second-order valence-corrected chi connectivity index (χ2v) is 10.1. The van der Waals surface area contributed by atoms with Crippen LogP contribution in [0, 0.1) is 5.41 Å². The molecule has 3 rings (SSSR count). The number of carbonyl (C=O) groups excluding carboxylic acids is 1. The van der Waals surface area contributed by atoms with Gasteiger partial charge in [0.2, 0.25) is 5.91 Å². The van der Waals surface area contributed by atoms with Crippen molar-refractivity contribution >= 4 is 16.8 Å². The first kappa shape index (κ1) is 23.4. The number of hydrogen-bond acceptors (Lipinski definition) is 3. The number of rotatable bonds is 7. The van der Waals surface area contributed by atoms with Crippen LogP contribution >= 0.6 is 0 Å². The largest absolute Gasteiger partial charge is 0.497 e. The SMILES string of the molecule is CCN(CCC(C)(C)C)C(=O)Cc1c(C2CCCCC2)c(=O)[nH]c2cc(OC)ccc12. The van der Waals surface area contributed by atoms with E-state index in [1.807, 2.05) is 30.0 Å². The second-order valence-electron chi connectivity index (χ2n) is 10.1. The third-order valence-corrected chi connectivity index (χ3v) is 6.58. The summed E-state index contributed by atoms with van der Waals surface area (Å²) in [7, 11) is 1.62. The monoisotopic (exact) mass is 426 g/mol. The number of benzene rings is 1. The standard InChI is InChI=1S/C26H38N2O3/c1-6-28(15-14-26(2,3)4)23(29)17-21-20-13-12-19(31-5)16-22(20)27-25(30)24(21)18-10-8-7-9-11-18/h12-13,16,18H,6-11,14-15,17H2,1-5H3,(H,27,30). The van der Waals surface area contributed by atoms with E-state index in [2.05, 4.69) is 25.8 Å². The van der Waals surface area contributed by atoms with E-state index in [1.165, 1.54) is 6.42 Å². The molecule has 1 aliphatic carbocycles. The van der Waals surface area contributed by atoms with Crippen LogP contribution in [0.25, 0.3) is 10.9 Å². The third-order valence-electron chi connectivity index (χ3n) is 6.58. The number of nitrogens with one attached hydrogen (secondary N) is 1. The molecule has 1 saturated carbocycles. The molecular formula is C26H38N2O3. The number of pyridine rings is 1. The predicted octanol–water partition coefficient (Wildman–Crippen LogP) is 5.41. The van der Waals surface area contributed by atoms with Crippen molar-refractivity contribution in [1.29, 1.82) is 0 Å². The lowest BCUT2D eigenvalue weighted by Gasteiger charge is -2.28. The van der Waals surface area contributed by atoms with Crippen LogP contribution in [0.15, 0.2) is 23.0 Å². The predicted molar refractivity (Wildman–Crippen MR) is 127 cm³/mol. The summed E-state index contributed by atoms with van der Waals surface area (Å²) in [5.74, 6) is 1.04. The van der Waals surface area contributed by atoms with Crippen molar-refractivity contribution < 1.29 is 9.53 Å². The quantitative estimate of drug-likeness (QED) is 0.644. The number of likely N-dealkylation sites (N-methyl/N-ethyl adjacent to an activating group) is 1. The number of amides is 1. The summed E-state index contributed by atoms with van der Waals surface area (Å²) in [5, 5.41) is 0.959. The maximum Gasteiger partial charge on any atom is 0.252 e. The van der Waals surface area contributed by atoms with Crippen LogP contribution in [0.3, 0.4) is 0 Å². The molecule has 1 aliphatic rings. The van der Waals surface area contributed by atoms with Crippen LogP contribution in [-0.4, -0.2) is 36.0 Å². The maximum atomic E-state index is 13.4. The lowest BCUT2D eigenvalue weighted by molar-refractivity contribution is -0.130. The molecule has 0 bridgehead atoms. The molecule has 170 valence electrons. The topological polar surface area (TPSA) is 62.4 Å². The van der Waals surface area contributed by atoms with Gasteiger partial charge < -0.3 is 14.6 Å². The van der Waals surface area contributed by atoms with Crippen LogP contribution in [0.1, 0.15) is 83.3 Å². The molecule has 1 heterocycles. The second kappa shape index (κ2) is 9.88. The van der Waals surface area contributed by atoms with Crippen molar-refractivity contribution in [2.45, 2.75) is 78.6 Å². The highest BCUT2D eigenvalue weighted by Crippen LogP contribution is 2.35. The van der Waals surface area contributed by atoms with E-state index >= 15 is 0 Å². The zero-order chi connectivity index (χ0) is 22.6. The van der Waals surface area contributed by atoms with E-state index < -0.39 is 0 Å². The molecular weight excluding hydrogens is 388 g/mol. The Kier molecular flexibility index (Phi) is 7.45. The number of fused-ring (bicyclic) bond motifs is 1. The Morgan fingerprint density at radius 2 is 1.90 bits per heavy atom. The Morgan fingerprint density at radius 1 is 1.19 bits per heavy atom. The smallest absolute Gasteiger partial charge is 0.252 e. The summed E-state index contributed by atoms with van der Waals surface area (Å²) in [6.07, 6.45) is 6.78. The molecule has 1 amide bonds. The van der Waals surface area contributed by atoms with E-state index in [0.717, 1.165) is 60.7 Å². The van der Waals surface area contributed by atoms with Gasteiger partial charge in [0.15, 0.2) is 0 Å². The number of H-pyrrole nitrogens is 1. The number of carbonyl (C=O) groups is 1. The Hall–Kier alpha value is -2.30. The van der Waals surface area contributed by atoms with E-state index in [9.17, 15) is 9.59 Å². The first-order valence-corrected chi connectivity index (χ1v) is 11.7. The number of methoxy groups -OCH3 is 1. The molecule has 5 nitrogen and oxygen atoms in total. The van der Waals surface area contributed by atoms with Gasteiger partial charge in [-0.15, -0.1) is 0 Å². The fraction of sp³-hybridized carbons (Fsp3) is 0.615. The molecule has 1 N–H and O–H groups in total. The zero-order valence-corrected chi connectivity index (χ0v) is 19.8. The van der Waals surface area contributed by atoms with Crippen molar-refractivity contribution in [2.24, 2.45) is 5.41 Å². The normalized spacial score (nSPS) is 15.3. The lowest BCUT2D eigenvalue weighted by Crippen LogP contribution is -2.35. The number of hydrogen-bond donors (Lipinski definition) is 1. The molecule has 1 aromatic carbocycles. The molecule has 0 saturated heterocycles. The van der Waals surface area contributed by atoms with Gasteiger partial charge in [0, 0.05) is 30.1 Å². The number of aromatic nitrogens is 1. The van der Waals surface area contributed by atoms with Crippen LogP contribution in [0.2, 0.25) is 0 Å². The zero-order valence-electron chi connectivity index (χ0n) is 19.8. The average molecular weight is 427 g/mol. The third kappa shape index (κ3) is 5.69. The van der Waals surface area contributed by atoms with Crippen molar-refractivity contribution in [3.05, 3.63) is 39.7 Å². The molecule has 2 aromatic rings. The minimum absolute atomic E-state index is 0.0480. The Bertz CT molecular complexity index is 965. The van der Waals surface area contributed by atoms with Gasteiger partial charge in [-0.25, -0.2) is 0 Å². The minimum atomic E-state index is -0.0480. The molecule has 0 spiro atoms. The van der Waals surface area contributed by atoms with Gasteiger partial charge in [-0.2, -0.15) is 0 Å². The lowest BCUT2D eigenvalue weighted by atomic mass is 9.81. The van der Waals surface area contributed by atoms with Gasteiger partial charge in [-0.05, 0) is 55.2 Å². The van der Waals surface area contributed by atoms with Crippen molar-refractivity contribution in [3.8, 4) is 5.75 Å².